The number of hydrogen-bond acceptors (Lipinski definition) is 1. The van der Waals surface area contributed by atoms with Crippen molar-refractivity contribution < 1.29 is 9.18 Å². The molecule has 0 aliphatic heterocycles. The Morgan fingerprint density at radius 1 is 1.44 bits per heavy atom. The van der Waals surface area contributed by atoms with Crippen LogP contribution in [0.5, 0.6) is 0 Å². The van der Waals surface area contributed by atoms with Crippen molar-refractivity contribution in [3.05, 3.63) is 35.1 Å². The fourth-order valence-corrected chi connectivity index (χ4v) is 2.27. The van der Waals surface area contributed by atoms with Crippen molar-refractivity contribution in [1.29, 1.82) is 0 Å². The van der Waals surface area contributed by atoms with Crippen molar-refractivity contribution in [2.75, 3.05) is 6.54 Å². The molecule has 1 aliphatic carbocycles. The number of hydrogen-bond donors (Lipinski definition) is 1. The predicted molar refractivity (Wildman–Crippen MR) is 70.0 cm³/mol. The standard InChI is InChI=1S/C15H20FNO/c1-10(2)15(6-7-15)9-17-14(18)12-5-4-11(3)8-13(12)16/h4-5,8,10H,6-7,9H2,1-3H3,(H,17,18). The summed E-state index contributed by atoms with van der Waals surface area (Å²) in [7, 11) is 0. The van der Waals surface area contributed by atoms with Crippen LogP contribution in [0, 0.1) is 24.1 Å². The number of carbonyl (C=O) groups excluding carboxylic acids is 1. The maximum absolute atomic E-state index is 13.6. The number of nitrogens with one attached hydrogen (secondary N) is 1. The van der Waals surface area contributed by atoms with E-state index in [1.165, 1.54) is 6.07 Å². The van der Waals surface area contributed by atoms with Crippen LogP contribution in [-0.4, -0.2) is 12.5 Å². The lowest BCUT2D eigenvalue weighted by atomic mass is 9.92. The molecule has 3 heteroatoms. The molecular formula is C15H20FNO. The van der Waals surface area contributed by atoms with Crippen LogP contribution in [0.4, 0.5) is 4.39 Å². The summed E-state index contributed by atoms with van der Waals surface area (Å²) in [6.45, 7) is 6.80. The lowest BCUT2D eigenvalue weighted by molar-refractivity contribution is 0.0935. The average molecular weight is 249 g/mol. The second-order valence-electron chi connectivity index (χ2n) is 5.68. The molecular weight excluding hydrogens is 229 g/mol. The third-order valence-corrected chi connectivity index (χ3v) is 4.09. The first-order chi connectivity index (χ1) is 8.44. The van der Waals surface area contributed by atoms with E-state index in [0.29, 0.717) is 12.5 Å². The summed E-state index contributed by atoms with van der Waals surface area (Å²) in [6.07, 6.45) is 2.31. The highest BCUT2D eigenvalue weighted by Gasteiger charge is 2.45. The SMILES string of the molecule is Cc1ccc(C(=O)NCC2(C(C)C)CC2)c(F)c1. The molecule has 1 aliphatic rings. The zero-order valence-electron chi connectivity index (χ0n) is 11.2. The normalized spacial score (nSPS) is 16.7. The second-order valence-corrected chi connectivity index (χ2v) is 5.68. The molecule has 2 rings (SSSR count). The van der Waals surface area contributed by atoms with Crippen LogP contribution in [0.3, 0.4) is 0 Å². The van der Waals surface area contributed by atoms with E-state index in [1.54, 1.807) is 12.1 Å². The first kappa shape index (κ1) is 13.1. The highest BCUT2D eigenvalue weighted by atomic mass is 19.1. The second kappa shape index (κ2) is 4.71. The maximum Gasteiger partial charge on any atom is 0.254 e. The summed E-state index contributed by atoms with van der Waals surface area (Å²) in [6, 6.07) is 4.70. The van der Waals surface area contributed by atoms with E-state index >= 15 is 0 Å². The fraction of sp³-hybridized carbons (Fsp3) is 0.533. The Bertz CT molecular complexity index is 464. The molecule has 0 atom stereocenters. The van der Waals surface area contributed by atoms with Crippen LogP contribution in [-0.2, 0) is 0 Å². The minimum absolute atomic E-state index is 0.139. The Morgan fingerprint density at radius 3 is 2.61 bits per heavy atom. The van der Waals surface area contributed by atoms with E-state index in [4.69, 9.17) is 0 Å². The topological polar surface area (TPSA) is 29.1 Å². The number of rotatable bonds is 4. The maximum atomic E-state index is 13.6. The molecule has 1 N–H and O–H groups in total. The minimum atomic E-state index is -0.443. The number of amides is 1. The number of carbonyl (C=O) groups is 1. The molecule has 1 fully saturated rings. The molecule has 1 aromatic rings. The molecule has 1 saturated carbocycles. The van der Waals surface area contributed by atoms with Gasteiger partial charge >= 0.3 is 0 Å². The zero-order chi connectivity index (χ0) is 13.3. The smallest absolute Gasteiger partial charge is 0.254 e. The zero-order valence-corrected chi connectivity index (χ0v) is 11.2. The van der Waals surface area contributed by atoms with Gasteiger partial charge < -0.3 is 5.32 Å². The van der Waals surface area contributed by atoms with Gasteiger partial charge in [-0.1, -0.05) is 19.9 Å². The molecule has 0 radical (unpaired) electrons. The van der Waals surface area contributed by atoms with Crippen LogP contribution in [0.1, 0.15) is 42.6 Å². The molecule has 98 valence electrons. The van der Waals surface area contributed by atoms with Crippen LogP contribution in [0.2, 0.25) is 0 Å². The van der Waals surface area contributed by atoms with Gasteiger partial charge in [0.1, 0.15) is 5.82 Å². The van der Waals surface area contributed by atoms with Crippen molar-refractivity contribution in [3.63, 3.8) is 0 Å². The third-order valence-electron chi connectivity index (χ3n) is 4.09. The molecule has 0 saturated heterocycles. The van der Waals surface area contributed by atoms with Crippen molar-refractivity contribution in [3.8, 4) is 0 Å². The Kier molecular flexibility index (Phi) is 3.42. The van der Waals surface area contributed by atoms with E-state index in [-0.39, 0.29) is 16.9 Å². The predicted octanol–water partition coefficient (Wildman–Crippen LogP) is 3.30. The number of benzene rings is 1. The monoisotopic (exact) mass is 249 g/mol. The van der Waals surface area contributed by atoms with Gasteiger partial charge in [-0.15, -0.1) is 0 Å². The molecule has 0 bridgehead atoms. The Labute approximate surface area is 108 Å². The third kappa shape index (κ3) is 2.55. The van der Waals surface area contributed by atoms with Gasteiger partial charge in [-0.05, 0) is 48.8 Å². The van der Waals surface area contributed by atoms with Crippen LogP contribution < -0.4 is 5.32 Å². The van der Waals surface area contributed by atoms with E-state index in [2.05, 4.69) is 19.2 Å². The number of aryl methyl sites for hydroxylation is 1. The molecule has 0 heterocycles. The molecule has 1 aromatic carbocycles. The molecule has 1 amide bonds. The van der Waals surface area contributed by atoms with Crippen LogP contribution in [0.15, 0.2) is 18.2 Å². The van der Waals surface area contributed by atoms with Gasteiger partial charge in [0.15, 0.2) is 0 Å². The van der Waals surface area contributed by atoms with Crippen molar-refractivity contribution in [2.45, 2.75) is 33.6 Å². The number of halogens is 1. The lowest BCUT2D eigenvalue weighted by Crippen LogP contribution is -2.33. The van der Waals surface area contributed by atoms with Crippen molar-refractivity contribution in [2.24, 2.45) is 11.3 Å². The summed E-state index contributed by atoms with van der Waals surface area (Å²) >= 11 is 0. The largest absolute Gasteiger partial charge is 0.351 e. The summed E-state index contributed by atoms with van der Waals surface area (Å²) < 4.78 is 13.6. The van der Waals surface area contributed by atoms with Crippen molar-refractivity contribution >= 4 is 5.91 Å². The lowest BCUT2D eigenvalue weighted by Gasteiger charge is -2.20. The fourth-order valence-electron chi connectivity index (χ4n) is 2.27. The van der Waals surface area contributed by atoms with Gasteiger partial charge in [0.2, 0.25) is 0 Å². The van der Waals surface area contributed by atoms with Gasteiger partial charge in [-0.25, -0.2) is 4.39 Å². The minimum Gasteiger partial charge on any atom is -0.351 e. The summed E-state index contributed by atoms with van der Waals surface area (Å²) in [5.74, 6) is -0.193. The van der Waals surface area contributed by atoms with Gasteiger partial charge in [0.05, 0.1) is 5.56 Å². The first-order valence-corrected chi connectivity index (χ1v) is 6.49. The molecule has 0 spiro atoms. The molecule has 0 aromatic heterocycles. The van der Waals surface area contributed by atoms with E-state index in [9.17, 15) is 9.18 Å². The van der Waals surface area contributed by atoms with Crippen molar-refractivity contribution in [1.82, 2.24) is 5.32 Å². The molecule has 18 heavy (non-hydrogen) atoms. The molecule has 0 unspecified atom stereocenters. The summed E-state index contributed by atoms with van der Waals surface area (Å²) in [5, 5.41) is 2.86. The highest BCUT2D eigenvalue weighted by Crippen LogP contribution is 2.51. The van der Waals surface area contributed by atoms with Gasteiger partial charge in [0, 0.05) is 6.54 Å². The average Bonchev–Trinajstić information content (AvgIpc) is 3.07. The van der Waals surface area contributed by atoms with Crippen LogP contribution >= 0.6 is 0 Å². The van der Waals surface area contributed by atoms with E-state index < -0.39 is 5.82 Å². The van der Waals surface area contributed by atoms with Crippen LogP contribution in [0.25, 0.3) is 0 Å². The van der Waals surface area contributed by atoms with E-state index in [0.717, 1.165) is 18.4 Å². The van der Waals surface area contributed by atoms with Gasteiger partial charge in [0.25, 0.3) is 5.91 Å². The molecule has 2 nitrogen and oxygen atoms in total. The van der Waals surface area contributed by atoms with Gasteiger partial charge in [-0.2, -0.15) is 0 Å². The Balaban J connectivity index is 2.00. The van der Waals surface area contributed by atoms with E-state index in [1.807, 2.05) is 6.92 Å². The highest BCUT2D eigenvalue weighted by molar-refractivity contribution is 5.94. The first-order valence-electron chi connectivity index (χ1n) is 6.49. The quantitative estimate of drug-likeness (QED) is 0.871. The Morgan fingerprint density at radius 2 is 2.11 bits per heavy atom. The van der Waals surface area contributed by atoms with Gasteiger partial charge in [-0.3, -0.25) is 4.79 Å². The Hall–Kier alpha value is -1.38. The summed E-state index contributed by atoms with van der Waals surface area (Å²) in [5.41, 5.74) is 1.21. The summed E-state index contributed by atoms with van der Waals surface area (Å²) in [4.78, 5) is 11.9.